The van der Waals surface area contributed by atoms with Crippen LogP contribution in [0.5, 0.6) is 0 Å². The Labute approximate surface area is 149 Å². The smallest absolute Gasteiger partial charge is 0.411 e. The van der Waals surface area contributed by atoms with E-state index in [-0.39, 0.29) is 12.1 Å². The number of ether oxygens (including phenoxy) is 2. The zero-order valence-electron chi connectivity index (χ0n) is 15.6. The van der Waals surface area contributed by atoms with Crippen LogP contribution in [-0.2, 0) is 14.3 Å². The molecule has 6 nitrogen and oxygen atoms in total. The number of carbonyl (C=O) groups is 2. The minimum atomic E-state index is -0.689. The molecule has 2 rings (SSSR count). The second kappa shape index (κ2) is 7.87. The van der Waals surface area contributed by atoms with Crippen molar-refractivity contribution in [2.75, 3.05) is 13.7 Å². The highest BCUT2D eigenvalue weighted by Crippen LogP contribution is 2.25. The second-order valence-electron chi connectivity index (χ2n) is 7.34. The summed E-state index contributed by atoms with van der Waals surface area (Å²) in [7, 11) is 1.34. The molecule has 1 amide bonds. The molecule has 138 valence electrons. The Bertz CT molecular complexity index is 597. The number of hydrogen-bond acceptors (Lipinski definition) is 5. The summed E-state index contributed by atoms with van der Waals surface area (Å²) in [5, 5.41) is 3.46. The second-order valence-corrected chi connectivity index (χ2v) is 7.34. The number of rotatable bonds is 4. The number of methoxy groups -OCH3 is 1. The van der Waals surface area contributed by atoms with E-state index in [0.717, 1.165) is 5.56 Å². The first-order valence-electron chi connectivity index (χ1n) is 8.61. The van der Waals surface area contributed by atoms with Gasteiger partial charge in [0.25, 0.3) is 0 Å². The van der Waals surface area contributed by atoms with E-state index in [4.69, 9.17) is 9.47 Å². The summed E-state index contributed by atoms with van der Waals surface area (Å²) in [6.45, 7) is 7.91. The summed E-state index contributed by atoms with van der Waals surface area (Å²) >= 11 is 0. The summed E-state index contributed by atoms with van der Waals surface area (Å²) in [5.41, 5.74) is 0.516. The van der Waals surface area contributed by atoms with Crippen molar-refractivity contribution >= 4 is 12.1 Å². The predicted molar refractivity (Wildman–Crippen MR) is 95.1 cm³/mol. The molecule has 0 aromatic heterocycles. The molecule has 25 heavy (non-hydrogen) atoms. The highest BCUT2D eigenvalue weighted by Gasteiger charge is 2.44. The highest BCUT2D eigenvalue weighted by molar-refractivity contribution is 5.83. The lowest BCUT2D eigenvalue weighted by Gasteiger charge is -2.30. The number of carbonyl (C=O) groups excluding carboxylic acids is 2. The third-order valence-electron chi connectivity index (χ3n) is 4.23. The summed E-state index contributed by atoms with van der Waals surface area (Å²) in [4.78, 5) is 26.2. The Morgan fingerprint density at radius 1 is 1.24 bits per heavy atom. The molecule has 0 aliphatic carbocycles. The van der Waals surface area contributed by atoms with Crippen LogP contribution in [0.25, 0.3) is 0 Å². The number of nitrogens with one attached hydrogen (secondary N) is 1. The number of nitrogens with zero attached hydrogens (tertiary/aromatic N) is 1. The van der Waals surface area contributed by atoms with Crippen LogP contribution in [-0.4, -0.2) is 48.3 Å². The van der Waals surface area contributed by atoms with Gasteiger partial charge in [0.05, 0.1) is 7.11 Å². The zero-order valence-corrected chi connectivity index (χ0v) is 15.6. The average molecular weight is 348 g/mol. The fraction of sp³-hybridized carbons (Fsp3) is 0.579. The van der Waals surface area contributed by atoms with E-state index in [1.54, 1.807) is 20.8 Å². The Balaban J connectivity index is 2.13. The third kappa shape index (κ3) is 4.95. The normalized spacial score (nSPS) is 21.7. The van der Waals surface area contributed by atoms with Gasteiger partial charge in [-0.1, -0.05) is 30.3 Å². The number of amides is 1. The predicted octanol–water partition coefficient (Wildman–Crippen LogP) is 2.89. The molecular weight excluding hydrogens is 320 g/mol. The Morgan fingerprint density at radius 2 is 1.88 bits per heavy atom. The number of esters is 1. The molecule has 6 heteroatoms. The van der Waals surface area contributed by atoms with Crippen LogP contribution in [0.1, 0.15) is 45.7 Å². The summed E-state index contributed by atoms with van der Waals surface area (Å²) in [6.07, 6.45) is 0.176. The van der Waals surface area contributed by atoms with Gasteiger partial charge >= 0.3 is 12.1 Å². The van der Waals surface area contributed by atoms with Crippen LogP contribution in [0.2, 0.25) is 0 Å². The minimum Gasteiger partial charge on any atom is -0.467 e. The van der Waals surface area contributed by atoms with Gasteiger partial charge in [-0.15, -0.1) is 0 Å². The van der Waals surface area contributed by atoms with Crippen molar-refractivity contribution in [1.29, 1.82) is 0 Å². The first-order valence-corrected chi connectivity index (χ1v) is 8.61. The van der Waals surface area contributed by atoms with Gasteiger partial charge in [-0.2, -0.15) is 0 Å². The van der Waals surface area contributed by atoms with Crippen molar-refractivity contribution in [3.63, 3.8) is 0 Å². The highest BCUT2D eigenvalue weighted by atomic mass is 16.6. The van der Waals surface area contributed by atoms with Crippen molar-refractivity contribution in [1.82, 2.24) is 10.2 Å². The quantitative estimate of drug-likeness (QED) is 0.848. The van der Waals surface area contributed by atoms with Gasteiger partial charge in [-0.25, -0.2) is 9.59 Å². The van der Waals surface area contributed by atoms with Crippen molar-refractivity contribution in [2.45, 2.75) is 57.8 Å². The topological polar surface area (TPSA) is 67.9 Å². The third-order valence-corrected chi connectivity index (χ3v) is 4.23. The van der Waals surface area contributed by atoms with Gasteiger partial charge < -0.3 is 14.8 Å². The van der Waals surface area contributed by atoms with E-state index >= 15 is 0 Å². The first kappa shape index (κ1) is 19.2. The molecule has 0 radical (unpaired) electrons. The van der Waals surface area contributed by atoms with Crippen LogP contribution in [0, 0.1) is 0 Å². The maximum atomic E-state index is 12.5. The summed E-state index contributed by atoms with van der Waals surface area (Å²) < 4.78 is 10.4. The molecule has 1 fully saturated rings. The van der Waals surface area contributed by atoms with Crippen LogP contribution < -0.4 is 5.32 Å². The first-order chi connectivity index (χ1) is 11.7. The monoisotopic (exact) mass is 348 g/mol. The summed E-state index contributed by atoms with van der Waals surface area (Å²) in [6, 6.07) is 9.17. The number of benzene rings is 1. The van der Waals surface area contributed by atoms with Gasteiger partial charge in [0.2, 0.25) is 0 Å². The van der Waals surface area contributed by atoms with Gasteiger partial charge in [-0.05, 0) is 39.7 Å². The van der Waals surface area contributed by atoms with Crippen LogP contribution in [0.4, 0.5) is 4.79 Å². The molecule has 1 saturated heterocycles. The Kier molecular flexibility index (Phi) is 6.06. The molecular formula is C19H28N2O4. The van der Waals surface area contributed by atoms with Crippen LogP contribution >= 0.6 is 0 Å². The van der Waals surface area contributed by atoms with E-state index in [1.165, 1.54) is 12.0 Å². The molecule has 0 bridgehead atoms. The fourth-order valence-electron chi connectivity index (χ4n) is 3.06. The van der Waals surface area contributed by atoms with E-state index in [9.17, 15) is 9.59 Å². The SMILES string of the molecule is COC(=O)[C@@H]1[C@H](N[C@@H](C)c2ccccc2)CCN1C(=O)OC(C)(C)C. The molecule has 1 aromatic carbocycles. The largest absolute Gasteiger partial charge is 0.467 e. The van der Waals surface area contributed by atoms with E-state index in [0.29, 0.717) is 13.0 Å². The van der Waals surface area contributed by atoms with Crippen LogP contribution in [0.15, 0.2) is 30.3 Å². The lowest BCUT2D eigenvalue weighted by atomic mass is 10.0. The van der Waals surface area contributed by atoms with E-state index < -0.39 is 23.7 Å². The van der Waals surface area contributed by atoms with Crippen molar-refractivity contribution in [3.05, 3.63) is 35.9 Å². The van der Waals surface area contributed by atoms with Gasteiger partial charge in [-0.3, -0.25) is 4.90 Å². The molecule has 1 N–H and O–H groups in total. The molecule has 1 aliphatic rings. The Hall–Kier alpha value is -2.08. The van der Waals surface area contributed by atoms with E-state index in [1.807, 2.05) is 37.3 Å². The molecule has 1 heterocycles. The van der Waals surface area contributed by atoms with E-state index in [2.05, 4.69) is 5.32 Å². The zero-order chi connectivity index (χ0) is 18.6. The molecule has 3 atom stereocenters. The number of hydrogen-bond donors (Lipinski definition) is 1. The number of likely N-dealkylation sites (tertiary alicyclic amines) is 1. The standard InChI is InChI=1S/C19H28N2O4/c1-13(14-9-7-6-8-10-14)20-15-11-12-21(16(15)17(22)24-5)18(23)25-19(2,3)4/h6-10,13,15-16,20H,11-12H2,1-5H3/t13-,15+,16-/m0/s1. The minimum absolute atomic E-state index is 0.0527. The molecule has 0 saturated carbocycles. The maximum Gasteiger partial charge on any atom is 0.411 e. The maximum absolute atomic E-state index is 12.5. The van der Waals surface area contributed by atoms with Crippen molar-refractivity contribution < 1.29 is 19.1 Å². The average Bonchev–Trinajstić information content (AvgIpc) is 2.97. The lowest BCUT2D eigenvalue weighted by molar-refractivity contribution is -0.146. The van der Waals surface area contributed by atoms with Gasteiger partial charge in [0.15, 0.2) is 0 Å². The van der Waals surface area contributed by atoms with Gasteiger partial charge in [0.1, 0.15) is 11.6 Å². The molecule has 0 spiro atoms. The molecule has 0 unspecified atom stereocenters. The molecule has 1 aliphatic heterocycles. The lowest BCUT2D eigenvalue weighted by Crippen LogP contribution is -2.51. The fourth-order valence-corrected chi connectivity index (χ4v) is 3.06. The Morgan fingerprint density at radius 3 is 2.44 bits per heavy atom. The molecule has 1 aromatic rings. The van der Waals surface area contributed by atoms with Crippen molar-refractivity contribution in [2.24, 2.45) is 0 Å². The van der Waals surface area contributed by atoms with Gasteiger partial charge in [0, 0.05) is 18.6 Å². The van der Waals surface area contributed by atoms with Crippen molar-refractivity contribution in [3.8, 4) is 0 Å². The van der Waals surface area contributed by atoms with Crippen LogP contribution in [0.3, 0.4) is 0 Å². The summed E-state index contributed by atoms with van der Waals surface area (Å²) in [5.74, 6) is -0.430.